The third-order valence-corrected chi connectivity index (χ3v) is 10.6. The summed E-state index contributed by atoms with van der Waals surface area (Å²) in [6, 6.07) is 7.09. The largest absolute Gasteiger partial charge is 0.376 e. The number of amides is 2. The van der Waals surface area contributed by atoms with Crippen LogP contribution in [-0.2, 0) is 46.1 Å². The normalized spacial score (nSPS) is 18.2. The number of hydrogen-bond donors (Lipinski definition) is 2. The van der Waals surface area contributed by atoms with Crippen LogP contribution in [0.2, 0.25) is 0 Å². The van der Waals surface area contributed by atoms with Crippen LogP contribution in [0.25, 0.3) is 11.1 Å². The van der Waals surface area contributed by atoms with E-state index in [0.717, 1.165) is 64.9 Å². The number of rotatable bonds is 6. The van der Waals surface area contributed by atoms with Gasteiger partial charge in [-0.1, -0.05) is 12.1 Å². The van der Waals surface area contributed by atoms with E-state index in [4.69, 9.17) is 4.74 Å². The van der Waals surface area contributed by atoms with Crippen LogP contribution in [0.3, 0.4) is 0 Å². The van der Waals surface area contributed by atoms with E-state index < -0.39 is 21.6 Å². The van der Waals surface area contributed by atoms with Crippen molar-refractivity contribution in [2.24, 2.45) is 0 Å². The SMILES string of the molecule is CN1CCc2sc(S(=O)(=O)NC(=O)Nc3c(-c4cnn(C5(CC#N)COC5)c4)ccc4c3CCC4)cc2C1. The van der Waals surface area contributed by atoms with E-state index in [1.807, 2.05) is 19.3 Å². The zero-order valence-corrected chi connectivity index (χ0v) is 22.6. The number of hydrogen-bond acceptors (Lipinski definition) is 8. The fourth-order valence-corrected chi connectivity index (χ4v) is 7.91. The minimum atomic E-state index is -4.02. The van der Waals surface area contributed by atoms with E-state index in [0.29, 0.717) is 25.4 Å². The monoisotopic (exact) mass is 552 g/mol. The zero-order chi connectivity index (χ0) is 26.5. The minimum absolute atomic E-state index is 0.151. The molecule has 6 rings (SSSR count). The molecule has 2 aromatic heterocycles. The van der Waals surface area contributed by atoms with Gasteiger partial charge in [-0.3, -0.25) is 4.68 Å². The maximum atomic E-state index is 13.1. The predicted molar refractivity (Wildman–Crippen MR) is 142 cm³/mol. The number of nitriles is 1. The Hall–Kier alpha value is -3.24. The van der Waals surface area contributed by atoms with Gasteiger partial charge in [-0.15, -0.1) is 11.3 Å². The fraction of sp³-hybridized carbons (Fsp3) is 0.423. The summed E-state index contributed by atoms with van der Waals surface area (Å²) in [5, 5.41) is 16.7. The van der Waals surface area contributed by atoms with Gasteiger partial charge < -0.3 is 15.0 Å². The Labute approximate surface area is 225 Å². The second-order valence-electron chi connectivity index (χ2n) is 10.3. The molecule has 1 aromatic carbocycles. The smallest absolute Gasteiger partial charge is 0.333 e. The van der Waals surface area contributed by atoms with Gasteiger partial charge in [0.15, 0.2) is 0 Å². The third kappa shape index (κ3) is 4.39. The topological polar surface area (TPSA) is 129 Å². The van der Waals surface area contributed by atoms with Crippen LogP contribution in [0, 0.1) is 11.3 Å². The van der Waals surface area contributed by atoms with E-state index in [1.165, 1.54) is 11.3 Å². The lowest BCUT2D eigenvalue weighted by Gasteiger charge is -2.39. The molecule has 198 valence electrons. The van der Waals surface area contributed by atoms with E-state index >= 15 is 0 Å². The quantitative estimate of drug-likeness (QED) is 0.480. The van der Waals surface area contributed by atoms with E-state index in [9.17, 15) is 18.5 Å². The van der Waals surface area contributed by atoms with Crippen LogP contribution in [0.5, 0.6) is 0 Å². The van der Waals surface area contributed by atoms with E-state index in [1.54, 1.807) is 16.9 Å². The highest BCUT2D eigenvalue weighted by Gasteiger charge is 2.41. The van der Waals surface area contributed by atoms with Crippen LogP contribution >= 0.6 is 11.3 Å². The fourth-order valence-electron chi connectivity index (χ4n) is 5.46. The second kappa shape index (κ2) is 9.50. The Bertz CT molecular complexity index is 1560. The molecule has 2 amide bonds. The molecule has 3 aliphatic rings. The highest BCUT2D eigenvalue weighted by atomic mass is 32.2. The molecule has 12 heteroatoms. The molecule has 0 unspecified atom stereocenters. The first-order chi connectivity index (χ1) is 18.3. The summed E-state index contributed by atoms with van der Waals surface area (Å²) in [4.78, 5) is 16.3. The first kappa shape index (κ1) is 25.1. The molecule has 4 heterocycles. The Morgan fingerprint density at radius 3 is 2.87 bits per heavy atom. The summed E-state index contributed by atoms with van der Waals surface area (Å²) >= 11 is 1.23. The van der Waals surface area contributed by atoms with E-state index in [-0.39, 0.29) is 10.6 Å². The van der Waals surface area contributed by atoms with Crippen molar-refractivity contribution in [3.8, 4) is 17.2 Å². The van der Waals surface area contributed by atoms with Crippen LogP contribution in [0.15, 0.2) is 34.8 Å². The molecule has 0 spiro atoms. The van der Waals surface area contributed by atoms with Crippen molar-refractivity contribution in [3.05, 3.63) is 52.2 Å². The van der Waals surface area contributed by atoms with Gasteiger partial charge in [-0.25, -0.2) is 17.9 Å². The van der Waals surface area contributed by atoms with Gasteiger partial charge in [-0.2, -0.15) is 10.4 Å². The number of nitrogens with one attached hydrogen (secondary N) is 2. The number of thiophene rings is 1. The summed E-state index contributed by atoms with van der Waals surface area (Å²) in [5.41, 5.74) is 4.79. The van der Waals surface area contributed by atoms with Gasteiger partial charge in [0.25, 0.3) is 10.0 Å². The standard InChI is InChI=1S/C26H28N6O4S2/c1-31-10-7-22-18(13-31)11-23(37-22)38(34,35)30-25(33)29-24-20-4-2-3-17(20)5-6-21(24)19-12-28-32(14-19)26(8-9-27)15-36-16-26/h5-6,11-12,14H,2-4,7-8,10,13,15-16H2,1H3,(H2,29,30,33). The van der Waals surface area contributed by atoms with Crippen molar-refractivity contribution in [1.29, 1.82) is 5.26 Å². The van der Waals surface area contributed by atoms with Crippen LogP contribution in [0.1, 0.15) is 34.4 Å². The predicted octanol–water partition coefficient (Wildman–Crippen LogP) is 3.24. The highest BCUT2D eigenvalue weighted by Crippen LogP contribution is 2.39. The van der Waals surface area contributed by atoms with Gasteiger partial charge in [0.1, 0.15) is 9.75 Å². The van der Waals surface area contributed by atoms with Gasteiger partial charge in [0, 0.05) is 35.3 Å². The lowest BCUT2D eigenvalue weighted by Crippen LogP contribution is -2.51. The number of carbonyl (C=O) groups is 1. The van der Waals surface area contributed by atoms with Crippen LogP contribution < -0.4 is 10.0 Å². The number of fused-ring (bicyclic) bond motifs is 2. The highest BCUT2D eigenvalue weighted by molar-refractivity contribution is 7.92. The molecule has 1 saturated heterocycles. The number of nitrogens with zero attached hydrogens (tertiary/aromatic N) is 4. The molecule has 10 nitrogen and oxygen atoms in total. The maximum absolute atomic E-state index is 13.1. The van der Waals surface area contributed by atoms with Crippen molar-refractivity contribution in [2.45, 2.75) is 48.4 Å². The van der Waals surface area contributed by atoms with Crippen molar-refractivity contribution < 1.29 is 17.9 Å². The Kier molecular flexibility index (Phi) is 6.26. The number of aryl methyl sites for hydroxylation is 1. The lowest BCUT2D eigenvalue weighted by molar-refractivity contribution is -0.104. The first-order valence-corrected chi connectivity index (χ1v) is 14.9. The molecule has 3 aromatic rings. The number of anilines is 1. The summed E-state index contributed by atoms with van der Waals surface area (Å²) in [6.45, 7) is 2.41. The molecule has 0 bridgehead atoms. The molecule has 38 heavy (non-hydrogen) atoms. The zero-order valence-electron chi connectivity index (χ0n) is 21.0. The Morgan fingerprint density at radius 2 is 2.11 bits per heavy atom. The first-order valence-electron chi connectivity index (χ1n) is 12.6. The molecule has 1 aliphatic carbocycles. The van der Waals surface area contributed by atoms with E-state index in [2.05, 4.69) is 32.2 Å². The molecular weight excluding hydrogens is 524 g/mol. The van der Waals surface area contributed by atoms with Crippen molar-refractivity contribution in [1.82, 2.24) is 19.4 Å². The number of benzene rings is 1. The molecule has 0 radical (unpaired) electrons. The summed E-state index contributed by atoms with van der Waals surface area (Å²) in [7, 11) is -2.02. The average Bonchev–Trinajstić information content (AvgIpc) is 3.60. The van der Waals surface area contributed by atoms with Crippen molar-refractivity contribution in [2.75, 3.05) is 32.1 Å². The van der Waals surface area contributed by atoms with Gasteiger partial charge in [0.05, 0.1) is 37.6 Å². The summed E-state index contributed by atoms with van der Waals surface area (Å²) in [6.07, 6.45) is 7.31. The number of urea groups is 1. The Balaban J connectivity index is 1.27. The van der Waals surface area contributed by atoms with Crippen LogP contribution in [0.4, 0.5) is 10.5 Å². The Morgan fingerprint density at radius 1 is 1.26 bits per heavy atom. The maximum Gasteiger partial charge on any atom is 0.333 e. The van der Waals surface area contributed by atoms with Crippen molar-refractivity contribution in [3.63, 3.8) is 0 Å². The average molecular weight is 553 g/mol. The van der Waals surface area contributed by atoms with Crippen LogP contribution in [-0.4, -0.2) is 55.9 Å². The molecule has 2 N–H and O–H groups in total. The number of likely N-dealkylation sites (N-methyl/N-ethyl adjacent to an activating group) is 1. The molecule has 0 atom stereocenters. The van der Waals surface area contributed by atoms with Gasteiger partial charge >= 0.3 is 6.03 Å². The van der Waals surface area contributed by atoms with Gasteiger partial charge in [0.2, 0.25) is 0 Å². The molecular formula is C26H28N6O4S2. The molecule has 2 aliphatic heterocycles. The molecule has 1 fully saturated rings. The number of sulfonamides is 1. The number of aromatic nitrogens is 2. The van der Waals surface area contributed by atoms with Crippen molar-refractivity contribution >= 4 is 33.1 Å². The summed E-state index contributed by atoms with van der Waals surface area (Å²) in [5.74, 6) is 0. The van der Waals surface area contributed by atoms with Gasteiger partial charge in [-0.05, 0) is 55.5 Å². The lowest BCUT2D eigenvalue weighted by atomic mass is 9.94. The number of ether oxygens (including phenoxy) is 1. The number of carbonyl (C=O) groups excluding carboxylic acids is 1. The minimum Gasteiger partial charge on any atom is -0.376 e. The second-order valence-corrected chi connectivity index (χ2v) is 13.3. The summed E-state index contributed by atoms with van der Waals surface area (Å²) < 4.78 is 35.7. The molecule has 0 saturated carbocycles. The third-order valence-electron chi connectivity index (χ3n) is 7.58.